The van der Waals surface area contributed by atoms with Crippen LogP contribution in [0.15, 0.2) is 140 Å². The zero-order chi connectivity index (χ0) is 38.2. The van der Waals surface area contributed by atoms with Crippen molar-refractivity contribution >= 4 is 23.7 Å². The van der Waals surface area contributed by atoms with Gasteiger partial charge in [0.15, 0.2) is 5.78 Å². The molecule has 0 saturated carbocycles. The number of ketones is 1. The summed E-state index contributed by atoms with van der Waals surface area (Å²) in [6.45, 7) is 1.52. The number of nitrogens with one attached hydrogen (secondary N) is 3. The number of aryl methyl sites for hydroxylation is 2. The van der Waals surface area contributed by atoms with Gasteiger partial charge in [-0.05, 0) is 65.1 Å². The molecule has 3 N–H and O–H groups in total. The molecule has 1 aliphatic rings. The summed E-state index contributed by atoms with van der Waals surface area (Å²) in [5, 5.41) is 9.43. The number of rotatable bonds is 16. The van der Waals surface area contributed by atoms with Gasteiger partial charge in [-0.1, -0.05) is 133 Å². The number of carbonyl (C=O) groups is 3. The molecule has 55 heavy (non-hydrogen) atoms. The average molecular weight is 740 g/mol. The molecule has 0 aliphatic carbocycles. The van der Waals surface area contributed by atoms with Gasteiger partial charge in [-0.25, -0.2) is 9.59 Å². The minimum Gasteiger partial charge on any atom is -0.453 e. The Kier molecular flexibility index (Phi) is 14.2. The molecule has 9 heteroatoms. The minimum absolute atomic E-state index is 0.0302. The van der Waals surface area contributed by atoms with Gasteiger partial charge in [0.2, 0.25) is 0 Å². The Balaban J connectivity index is 1.02. The van der Waals surface area contributed by atoms with Crippen molar-refractivity contribution in [1.29, 1.82) is 0 Å². The lowest BCUT2D eigenvalue weighted by atomic mass is 9.81. The molecule has 5 aromatic carbocycles. The van der Waals surface area contributed by atoms with Crippen LogP contribution in [0.25, 0.3) is 0 Å². The summed E-state index contributed by atoms with van der Waals surface area (Å²) >= 11 is 0. The first-order chi connectivity index (χ1) is 27.0. The van der Waals surface area contributed by atoms with E-state index >= 15 is 0 Å². The van der Waals surface area contributed by atoms with Gasteiger partial charge in [-0.15, -0.1) is 0 Å². The second-order valence-corrected chi connectivity index (χ2v) is 13.8. The van der Waals surface area contributed by atoms with Crippen LogP contribution < -0.4 is 16.0 Å². The summed E-state index contributed by atoms with van der Waals surface area (Å²) in [6, 6.07) is 44.3. The molecular formula is C46H49N3O6. The summed E-state index contributed by atoms with van der Waals surface area (Å²) in [4.78, 5) is 39.4. The number of benzene rings is 5. The van der Waals surface area contributed by atoms with Crippen molar-refractivity contribution in [3.8, 4) is 0 Å². The van der Waals surface area contributed by atoms with E-state index in [-0.39, 0.29) is 31.0 Å². The first kappa shape index (κ1) is 38.9. The molecule has 9 nitrogen and oxygen atoms in total. The number of methoxy groups -OCH3 is 1. The van der Waals surface area contributed by atoms with E-state index in [1.165, 1.54) is 7.11 Å². The molecule has 0 radical (unpaired) electrons. The van der Waals surface area contributed by atoms with Crippen LogP contribution in [0.2, 0.25) is 0 Å². The highest BCUT2D eigenvalue weighted by Crippen LogP contribution is 2.30. The van der Waals surface area contributed by atoms with Gasteiger partial charge >= 0.3 is 12.2 Å². The van der Waals surface area contributed by atoms with Gasteiger partial charge in [0.05, 0.1) is 19.8 Å². The lowest BCUT2D eigenvalue weighted by Crippen LogP contribution is -2.46. The van der Waals surface area contributed by atoms with Gasteiger partial charge in [0.25, 0.3) is 0 Å². The Morgan fingerprint density at radius 3 is 1.93 bits per heavy atom. The van der Waals surface area contributed by atoms with E-state index in [1.54, 1.807) is 0 Å². The molecule has 2 amide bonds. The third-order valence-corrected chi connectivity index (χ3v) is 10.1. The van der Waals surface area contributed by atoms with Crippen LogP contribution >= 0.6 is 0 Å². The van der Waals surface area contributed by atoms with Crippen LogP contribution in [0.1, 0.15) is 52.1 Å². The van der Waals surface area contributed by atoms with Crippen molar-refractivity contribution in [3.05, 3.63) is 173 Å². The molecule has 1 saturated heterocycles. The number of ether oxygens (including phenoxy) is 3. The number of carbonyl (C=O) groups excluding carboxylic acids is 3. The summed E-state index contributed by atoms with van der Waals surface area (Å²) < 4.78 is 16.7. The maximum Gasteiger partial charge on any atom is 0.411 e. The third kappa shape index (κ3) is 11.4. The smallest absolute Gasteiger partial charge is 0.411 e. The summed E-state index contributed by atoms with van der Waals surface area (Å²) in [5.74, 6) is -0.503. The highest BCUT2D eigenvalue weighted by Gasteiger charge is 2.33. The quantitative estimate of drug-likeness (QED) is 0.0939. The average Bonchev–Trinajstić information content (AvgIpc) is 3.23. The van der Waals surface area contributed by atoms with E-state index in [4.69, 9.17) is 14.2 Å². The highest BCUT2D eigenvalue weighted by molar-refractivity contribution is 5.91. The Hall–Kier alpha value is -5.77. The van der Waals surface area contributed by atoms with E-state index in [2.05, 4.69) is 22.0 Å². The van der Waals surface area contributed by atoms with Crippen LogP contribution in [-0.4, -0.2) is 56.4 Å². The molecule has 1 heterocycles. The maximum atomic E-state index is 14.2. The van der Waals surface area contributed by atoms with E-state index in [0.717, 1.165) is 71.3 Å². The number of alkyl carbamates (subject to hydrolysis) is 1. The molecular weight excluding hydrogens is 691 g/mol. The molecule has 1 fully saturated rings. The molecule has 0 spiro atoms. The van der Waals surface area contributed by atoms with Crippen LogP contribution in [0, 0.1) is 0 Å². The molecule has 6 rings (SSSR count). The van der Waals surface area contributed by atoms with Crippen molar-refractivity contribution in [3.63, 3.8) is 0 Å². The Morgan fingerprint density at radius 1 is 0.709 bits per heavy atom. The van der Waals surface area contributed by atoms with Gasteiger partial charge < -0.3 is 24.8 Å². The zero-order valence-corrected chi connectivity index (χ0v) is 31.2. The number of hydrogen-bond donors (Lipinski definition) is 3. The van der Waals surface area contributed by atoms with Gasteiger partial charge in [0.1, 0.15) is 12.6 Å². The first-order valence-corrected chi connectivity index (χ1v) is 18.9. The predicted octanol–water partition coefficient (Wildman–Crippen LogP) is 8.03. The van der Waals surface area contributed by atoms with Gasteiger partial charge in [0, 0.05) is 30.6 Å². The lowest BCUT2D eigenvalue weighted by Gasteiger charge is -2.31. The molecule has 1 aliphatic heterocycles. The van der Waals surface area contributed by atoms with Gasteiger partial charge in [-0.3, -0.25) is 10.1 Å². The molecule has 284 valence electrons. The third-order valence-electron chi connectivity index (χ3n) is 10.1. The largest absolute Gasteiger partial charge is 0.453 e. The highest BCUT2D eigenvalue weighted by atomic mass is 16.5. The fourth-order valence-electron chi connectivity index (χ4n) is 7.12. The van der Waals surface area contributed by atoms with Crippen LogP contribution in [0.4, 0.5) is 15.3 Å². The van der Waals surface area contributed by atoms with Crippen LogP contribution in [0.3, 0.4) is 0 Å². The Bertz CT molecular complexity index is 1930. The Labute approximate surface area is 323 Å². The van der Waals surface area contributed by atoms with E-state index in [1.807, 2.05) is 133 Å². The topological polar surface area (TPSA) is 115 Å². The number of amides is 2. The van der Waals surface area contributed by atoms with Crippen molar-refractivity contribution in [2.75, 3.05) is 25.6 Å². The van der Waals surface area contributed by atoms with E-state index in [9.17, 15) is 14.4 Å². The van der Waals surface area contributed by atoms with E-state index in [0.29, 0.717) is 6.61 Å². The molecule has 0 bridgehead atoms. The van der Waals surface area contributed by atoms with Crippen molar-refractivity contribution in [1.82, 2.24) is 10.6 Å². The van der Waals surface area contributed by atoms with Crippen molar-refractivity contribution in [2.24, 2.45) is 0 Å². The minimum atomic E-state index is -0.843. The maximum absolute atomic E-state index is 14.2. The number of anilines is 1. The predicted molar refractivity (Wildman–Crippen MR) is 214 cm³/mol. The SMILES string of the molecule is COC(=O)N[C@H](C(=O)Cc1ccccc1CC[C@@H]1CN[C@H](CCc2ccccc2NC(=O)OCc2ccccc2)CO1)C(c1ccccc1)c1ccccc1. The fourth-order valence-corrected chi connectivity index (χ4v) is 7.12. The second-order valence-electron chi connectivity index (χ2n) is 13.8. The second kappa shape index (κ2) is 20.1. The summed E-state index contributed by atoms with van der Waals surface area (Å²) in [5.41, 5.74) is 6.59. The summed E-state index contributed by atoms with van der Waals surface area (Å²) in [6.07, 6.45) is 2.22. The monoisotopic (exact) mass is 739 g/mol. The molecule has 0 unspecified atom stereocenters. The van der Waals surface area contributed by atoms with Gasteiger partial charge in [-0.2, -0.15) is 0 Å². The molecule has 3 atom stereocenters. The number of hydrogen-bond acceptors (Lipinski definition) is 7. The normalized spacial score (nSPS) is 15.8. The van der Waals surface area contributed by atoms with Crippen LogP contribution in [0.5, 0.6) is 0 Å². The van der Waals surface area contributed by atoms with Crippen LogP contribution in [-0.2, 0) is 44.9 Å². The first-order valence-electron chi connectivity index (χ1n) is 18.9. The van der Waals surface area contributed by atoms with Crippen molar-refractivity contribution in [2.45, 2.75) is 62.8 Å². The zero-order valence-electron chi connectivity index (χ0n) is 31.2. The fraction of sp³-hybridized carbons (Fsp3) is 0.283. The Morgan fingerprint density at radius 2 is 1.29 bits per heavy atom. The molecule has 0 aromatic heterocycles. The molecule has 5 aromatic rings. The van der Waals surface area contributed by atoms with Crippen molar-refractivity contribution < 1.29 is 28.6 Å². The lowest BCUT2D eigenvalue weighted by molar-refractivity contribution is -0.120. The number of para-hydroxylation sites is 1. The standard InChI is InChI=1S/C46H49N3O6/c1-53-45(51)49-44(43(36-19-7-3-8-20-36)37-21-9-4-10-22-37)42(50)29-38-23-12-11-17-34(38)26-28-40-30-47-39(32-54-40)27-25-35-18-13-14-24-41(35)48-46(52)55-31-33-15-5-2-6-16-33/h2-24,39-40,43-44,47H,25-32H2,1H3,(H,48,52)(H,49,51)/t39-,40-,44-/m1/s1. The number of Topliss-reactive ketones (excluding diaryl/α,β-unsaturated/α-hetero) is 1. The van der Waals surface area contributed by atoms with E-state index < -0.39 is 24.1 Å². The summed E-state index contributed by atoms with van der Waals surface area (Å²) in [7, 11) is 1.31. The number of morpholine rings is 1.